The van der Waals surface area contributed by atoms with Crippen molar-refractivity contribution in [2.24, 2.45) is 0 Å². The lowest BCUT2D eigenvalue weighted by Gasteiger charge is -2.06. The fraction of sp³-hybridized carbons (Fsp3) is 0.176. The minimum Gasteiger partial charge on any atom is -0.482 e. The van der Waals surface area contributed by atoms with E-state index in [0.29, 0.717) is 10.2 Å². The molecule has 3 aromatic rings. The summed E-state index contributed by atoms with van der Waals surface area (Å²) in [6.07, 6.45) is 1.84. The zero-order valence-corrected chi connectivity index (χ0v) is 15.3. The van der Waals surface area contributed by atoms with Gasteiger partial charge >= 0.3 is 0 Å². The van der Waals surface area contributed by atoms with Gasteiger partial charge in [0.05, 0.1) is 0 Å². The van der Waals surface area contributed by atoms with Crippen LogP contribution < -0.4 is 15.5 Å². The maximum Gasteiger partial charge on any atom is 0.293 e. The predicted molar refractivity (Wildman–Crippen MR) is 98.0 cm³/mol. The Hall–Kier alpha value is -2.71. The highest BCUT2D eigenvalue weighted by atomic mass is 35.5. The second-order valence-corrected chi connectivity index (χ2v) is 6.70. The molecule has 7 nitrogen and oxygen atoms in total. The Morgan fingerprint density at radius 2 is 2.08 bits per heavy atom. The van der Waals surface area contributed by atoms with Gasteiger partial charge in [0.15, 0.2) is 5.76 Å². The maximum absolute atomic E-state index is 12.1. The van der Waals surface area contributed by atoms with Gasteiger partial charge in [0.25, 0.3) is 5.91 Å². The lowest BCUT2D eigenvalue weighted by Crippen LogP contribution is -2.15. The molecular formula is C17H14ClN3O4S. The molecule has 2 aromatic heterocycles. The summed E-state index contributed by atoms with van der Waals surface area (Å²) in [6.45, 7) is 2.12. The van der Waals surface area contributed by atoms with Crippen LogP contribution in [0.1, 0.15) is 28.0 Å². The highest BCUT2D eigenvalue weighted by Crippen LogP contribution is 2.17. The van der Waals surface area contributed by atoms with Crippen molar-refractivity contribution in [1.29, 1.82) is 0 Å². The average Bonchev–Trinajstić information content (AvgIpc) is 3.09. The molecule has 0 radical (unpaired) electrons. The zero-order chi connectivity index (χ0) is 18.5. The van der Waals surface area contributed by atoms with Crippen LogP contribution in [0.3, 0.4) is 0 Å². The average molecular weight is 392 g/mol. The molecule has 1 N–H and O–H groups in total. The molecule has 0 aliphatic rings. The number of carbonyl (C=O) groups is 1. The summed E-state index contributed by atoms with van der Waals surface area (Å²) in [6, 6.07) is 8.12. The number of aryl methyl sites for hydroxylation is 1. The molecule has 0 saturated carbocycles. The van der Waals surface area contributed by atoms with Crippen LogP contribution in [0.15, 0.2) is 45.8 Å². The first-order valence-corrected chi connectivity index (χ1v) is 8.88. The van der Waals surface area contributed by atoms with Crippen molar-refractivity contribution in [2.75, 3.05) is 5.32 Å². The molecule has 0 atom stereocenters. The van der Waals surface area contributed by atoms with Crippen molar-refractivity contribution in [2.45, 2.75) is 20.0 Å². The number of ether oxygens (including phenoxy) is 1. The quantitative estimate of drug-likeness (QED) is 0.690. The molecule has 134 valence electrons. The minimum absolute atomic E-state index is 0.0145. The molecule has 1 aromatic carbocycles. The smallest absolute Gasteiger partial charge is 0.293 e. The monoisotopic (exact) mass is 391 g/mol. The lowest BCUT2D eigenvalue weighted by atomic mass is 10.2. The van der Waals surface area contributed by atoms with E-state index in [1.807, 2.05) is 6.92 Å². The van der Waals surface area contributed by atoms with E-state index in [2.05, 4.69) is 15.5 Å². The summed E-state index contributed by atoms with van der Waals surface area (Å²) in [5.74, 6) is -0.701. The Balaban J connectivity index is 1.65. The van der Waals surface area contributed by atoms with Crippen LogP contribution in [0.4, 0.5) is 5.13 Å². The van der Waals surface area contributed by atoms with E-state index in [1.54, 1.807) is 24.3 Å². The Morgan fingerprint density at radius 1 is 1.31 bits per heavy atom. The molecule has 0 fully saturated rings. The summed E-state index contributed by atoms with van der Waals surface area (Å²) >= 11 is 7.08. The fourth-order valence-corrected chi connectivity index (χ4v) is 2.77. The SMILES string of the molecule is CCc1nnc(NC(=O)c2cc(=O)c(OCc3ccc(Cl)cc3)co2)s1. The molecule has 3 rings (SSSR count). The summed E-state index contributed by atoms with van der Waals surface area (Å²) in [5, 5.41) is 12.1. The number of carbonyl (C=O) groups excluding carboxylic acids is 1. The lowest BCUT2D eigenvalue weighted by molar-refractivity contribution is 0.0993. The van der Waals surface area contributed by atoms with Crippen molar-refractivity contribution in [3.8, 4) is 5.75 Å². The van der Waals surface area contributed by atoms with Gasteiger partial charge in [0.1, 0.15) is 17.9 Å². The standard InChI is InChI=1S/C17H14ClN3O4S/c1-2-15-20-21-17(26-15)19-16(23)13-7-12(22)14(9-25-13)24-8-10-3-5-11(18)6-4-10/h3-7,9H,2,8H2,1H3,(H,19,21,23). The number of nitrogens with zero attached hydrogens (tertiary/aromatic N) is 2. The Kier molecular flexibility index (Phi) is 5.65. The number of hydrogen-bond donors (Lipinski definition) is 1. The predicted octanol–water partition coefficient (Wildman–Crippen LogP) is 3.54. The number of hydrogen-bond acceptors (Lipinski definition) is 7. The van der Waals surface area contributed by atoms with E-state index in [-0.39, 0.29) is 18.1 Å². The van der Waals surface area contributed by atoms with Crippen molar-refractivity contribution in [3.05, 3.63) is 68.2 Å². The number of nitrogens with one attached hydrogen (secondary N) is 1. The van der Waals surface area contributed by atoms with E-state index in [0.717, 1.165) is 29.3 Å². The van der Waals surface area contributed by atoms with Gasteiger partial charge in [-0.15, -0.1) is 10.2 Å². The topological polar surface area (TPSA) is 94.3 Å². The molecule has 0 saturated heterocycles. The number of anilines is 1. The number of benzene rings is 1. The molecule has 0 bridgehead atoms. The molecular weight excluding hydrogens is 378 g/mol. The third-order valence-electron chi connectivity index (χ3n) is 3.32. The largest absolute Gasteiger partial charge is 0.482 e. The molecule has 0 unspecified atom stereocenters. The van der Waals surface area contributed by atoms with Gasteiger partial charge < -0.3 is 9.15 Å². The number of aromatic nitrogens is 2. The van der Waals surface area contributed by atoms with Crippen molar-refractivity contribution < 1.29 is 13.9 Å². The van der Waals surface area contributed by atoms with Gasteiger partial charge in [0, 0.05) is 11.1 Å². The molecule has 9 heteroatoms. The number of amides is 1. The van der Waals surface area contributed by atoms with Gasteiger partial charge in [0.2, 0.25) is 16.3 Å². The molecule has 2 heterocycles. The summed E-state index contributed by atoms with van der Waals surface area (Å²) in [5.41, 5.74) is 0.389. The van der Waals surface area contributed by atoms with Crippen LogP contribution in [0, 0.1) is 0 Å². The summed E-state index contributed by atoms with van der Waals surface area (Å²) < 4.78 is 10.6. The zero-order valence-electron chi connectivity index (χ0n) is 13.7. The van der Waals surface area contributed by atoms with Gasteiger partial charge in [-0.1, -0.05) is 42.0 Å². The summed E-state index contributed by atoms with van der Waals surface area (Å²) in [4.78, 5) is 24.2. The van der Waals surface area contributed by atoms with E-state index >= 15 is 0 Å². The first-order chi connectivity index (χ1) is 12.5. The molecule has 1 amide bonds. The Labute approximate surface area is 157 Å². The van der Waals surface area contributed by atoms with E-state index in [4.69, 9.17) is 20.8 Å². The Morgan fingerprint density at radius 3 is 2.73 bits per heavy atom. The highest BCUT2D eigenvalue weighted by Gasteiger charge is 2.14. The third kappa shape index (κ3) is 4.47. The second-order valence-electron chi connectivity index (χ2n) is 5.20. The normalized spacial score (nSPS) is 10.5. The van der Waals surface area contributed by atoms with E-state index < -0.39 is 11.3 Å². The van der Waals surface area contributed by atoms with E-state index in [9.17, 15) is 9.59 Å². The first kappa shape index (κ1) is 18.1. The van der Waals surface area contributed by atoms with Gasteiger partial charge in [-0.25, -0.2) is 0 Å². The van der Waals surface area contributed by atoms with Crippen LogP contribution in [-0.2, 0) is 13.0 Å². The first-order valence-electron chi connectivity index (χ1n) is 7.69. The van der Waals surface area contributed by atoms with Gasteiger partial charge in [-0.05, 0) is 24.1 Å². The van der Waals surface area contributed by atoms with Crippen LogP contribution in [0.5, 0.6) is 5.75 Å². The van der Waals surface area contributed by atoms with Gasteiger partial charge in [-0.2, -0.15) is 0 Å². The summed E-state index contributed by atoms with van der Waals surface area (Å²) in [7, 11) is 0. The van der Waals surface area contributed by atoms with Crippen LogP contribution in [-0.4, -0.2) is 16.1 Å². The number of rotatable bonds is 6. The van der Waals surface area contributed by atoms with Crippen molar-refractivity contribution in [3.63, 3.8) is 0 Å². The highest BCUT2D eigenvalue weighted by molar-refractivity contribution is 7.15. The maximum atomic E-state index is 12.1. The minimum atomic E-state index is -0.579. The van der Waals surface area contributed by atoms with Crippen LogP contribution in [0.2, 0.25) is 5.02 Å². The van der Waals surface area contributed by atoms with Gasteiger partial charge in [-0.3, -0.25) is 14.9 Å². The Bertz CT molecular complexity index is 969. The second kappa shape index (κ2) is 8.11. The van der Waals surface area contributed by atoms with Crippen LogP contribution >= 0.6 is 22.9 Å². The van der Waals surface area contributed by atoms with Crippen molar-refractivity contribution in [1.82, 2.24) is 10.2 Å². The number of halogens is 1. The molecule has 0 aliphatic carbocycles. The van der Waals surface area contributed by atoms with Crippen LogP contribution in [0.25, 0.3) is 0 Å². The molecule has 0 spiro atoms. The van der Waals surface area contributed by atoms with E-state index in [1.165, 1.54) is 11.3 Å². The fourth-order valence-electron chi connectivity index (χ4n) is 1.97. The third-order valence-corrected chi connectivity index (χ3v) is 4.55. The van der Waals surface area contributed by atoms with Crippen molar-refractivity contribution >= 4 is 34.0 Å². The molecule has 26 heavy (non-hydrogen) atoms. The molecule has 0 aliphatic heterocycles.